The van der Waals surface area contributed by atoms with Crippen LogP contribution in [0.2, 0.25) is 10.0 Å². The summed E-state index contributed by atoms with van der Waals surface area (Å²) in [6, 6.07) is 9.04. The van der Waals surface area contributed by atoms with Crippen molar-refractivity contribution >= 4 is 68.0 Å². The molecule has 0 bridgehead atoms. The minimum Gasteiger partial charge on any atom is -0.490 e. The third-order valence-electron chi connectivity index (χ3n) is 4.51. The van der Waals surface area contributed by atoms with Crippen LogP contribution in [0.4, 0.5) is 0 Å². The molecule has 0 unspecified atom stereocenters. The lowest BCUT2D eigenvalue weighted by Crippen LogP contribution is -2.28. The third-order valence-corrected chi connectivity index (χ3v) is 6.73. The van der Waals surface area contributed by atoms with Gasteiger partial charge in [-0.25, -0.2) is 0 Å². The molecular weight excluding hydrogens is 535 g/mol. The van der Waals surface area contributed by atoms with E-state index in [1.165, 1.54) is 11.8 Å². The Bertz CT molecular complexity index is 1080. The number of thioether (sulfide) groups is 1. The number of rotatable bonds is 8. The van der Waals surface area contributed by atoms with Gasteiger partial charge in [0.05, 0.1) is 16.0 Å². The van der Waals surface area contributed by atoms with Crippen LogP contribution in [0.15, 0.2) is 44.7 Å². The molecule has 1 amide bonds. The molecule has 2 aromatic carbocycles. The van der Waals surface area contributed by atoms with Gasteiger partial charge in [0.25, 0.3) is 5.91 Å². The van der Waals surface area contributed by atoms with Crippen molar-refractivity contribution in [3.63, 3.8) is 0 Å². The molecule has 5 nitrogen and oxygen atoms in total. The number of nitrogens with zero attached hydrogens (tertiary/aromatic N) is 2. The number of likely N-dealkylation sites (N-methyl/N-ethyl adjacent to an activating group) is 1. The Labute approximate surface area is 210 Å². The van der Waals surface area contributed by atoms with E-state index in [1.54, 1.807) is 17.0 Å². The molecule has 3 rings (SSSR count). The van der Waals surface area contributed by atoms with E-state index >= 15 is 0 Å². The van der Waals surface area contributed by atoms with E-state index in [-0.39, 0.29) is 12.5 Å². The molecule has 32 heavy (non-hydrogen) atoms. The summed E-state index contributed by atoms with van der Waals surface area (Å²) in [6.45, 7) is 7.73. The molecule has 0 spiro atoms. The molecule has 1 aliphatic rings. The summed E-state index contributed by atoms with van der Waals surface area (Å²) in [5, 5.41) is 1.84. The van der Waals surface area contributed by atoms with E-state index in [2.05, 4.69) is 20.9 Å². The molecule has 1 saturated heterocycles. The lowest BCUT2D eigenvalue weighted by Gasteiger charge is -2.15. The minimum atomic E-state index is -0.0449. The summed E-state index contributed by atoms with van der Waals surface area (Å²) in [6.07, 6.45) is 1.85. The minimum absolute atomic E-state index is 0.0449. The summed E-state index contributed by atoms with van der Waals surface area (Å²) in [5.74, 6) is 1.09. The summed E-state index contributed by atoms with van der Waals surface area (Å²) < 4.78 is 12.6. The number of amidine groups is 1. The van der Waals surface area contributed by atoms with Gasteiger partial charge in [-0.3, -0.25) is 14.7 Å². The Balaban J connectivity index is 1.89. The number of amides is 1. The molecule has 0 aliphatic carbocycles. The van der Waals surface area contributed by atoms with Crippen LogP contribution in [0.5, 0.6) is 11.5 Å². The van der Waals surface area contributed by atoms with E-state index in [0.29, 0.717) is 50.6 Å². The number of hydrogen-bond acceptors (Lipinski definition) is 5. The third kappa shape index (κ3) is 5.81. The quantitative estimate of drug-likeness (QED) is 0.326. The fraction of sp³-hybridized carbons (Fsp3) is 0.304. The fourth-order valence-electron chi connectivity index (χ4n) is 3.05. The molecule has 0 aromatic heterocycles. The van der Waals surface area contributed by atoms with Gasteiger partial charge in [0.15, 0.2) is 16.7 Å². The molecule has 1 fully saturated rings. The molecule has 2 aromatic rings. The van der Waals surface area contributed by atoms with Crippen molar-refractivity contribution in [2.45, 2.75) is 27.4 Å². The number of aliphatic imine (C=N–C) groups is 1. The number of halogens is 3. The Morgan fingerprint density at radius 3 is 2.59 bits per heavy atom. The molecule has 0 saturated carbocycles. The van der Waals surface area contributed by atoms with E-state index in [9.17, 15) is 4.79 Å². The van der Waals surface area contributed by atoms with Gasteiger partial charge in [-0.15, -0.1) is 0 Å². The summed E-state index contributed by atoms with van der Waals surface area (Å²) in [5.41, 5.74) is 1.63. The molecule has 0 N–H and O–H groups in total. The standard InChI is InChI=1S/C23H23BrCl2N2O3S/c1-4-27-23-28(5-2)22(29)20(32-23)11-14-9-17(24)21(19(10-14)30-6-3)31-13-15-7-8-16(25)12-18(15)26/h7-12H,4-6,13H2,1-3H3/b20-11+,27-23?. The van der Waals surface area contributed by atoms with Crippen LogP contribution in [-0.4, -0.2) is 35.7 Å². The van der Waals surface area contributed by atoms with Crippen molar-refractivity contribution in [2.75, 3.05) is 19.7 Å². The predicted octanol–water partition coefficient (Wildman–Crippen LogP) is 7.05. The molecule has 1 aliphatic heterocycles. The zero-order chi connectivity index (χ0) is 23.3. The first-order chi connectivity index (χ1) is 15.4. The normalized spacial score (nSPS) is 16.3. The van der Waals surface area contributed by atoms with Crippen LogP contribution in [-0.2, 0) is 11.4 Å². The maximum Gasteiger partial charge on any atom is 0.266 e. The lowest BCUT2D eigenvalue weighted by molar-refractivity contribution is -0.122. The Morgan fingerprint density at radius 1 is 1.16 bits per heavy atom. The second-order valence-corrected chi connectivity index (χ2v) is 9.41. The maximum atomic E-state index is 12.8. The van der Waals surface area contributed by atoms with Gasteiger partial charge in [0.1, 0.15) is 6.61 Å². The average Bonchev–Trinajstić information content (AvgIpc) is 3.03. The zero-order valence-corrected chi connectivity index (χ0v) is 21.9. The van der Waals surface area contributed by atoms with E-state index in [0.717, 1.165) is 16.3 Å². The van der Waals surface area contributed by atoms with Gasteiger partial charge < -0.3 is 9.47 Å². The molecule has 0 atom stereocenters. The van der Waals surface area contributed by atoms with E-state index < -0.39 is 0 Å². The topological polar surface area (TPSA) is 51.1 Å². The van der Waals surface area contributed by atoms with Gasteiger partial charge >= 0.3 is 0 Å². The van der Waals surface area contributed by atoms with Crippen molar-refractivity contribution in [3.05, 3.63) is 60.9 Å². The van der Waals surface area contributed by atoms with Crippen LogP contribution in [0.1, 0.15) is 31.9 Å². The smallest absolute Gasteiger partial charge is 0.266 e. The van der Waals surface area contributed by atoms with Crippen LogP contribution >= 0.6 is 50.9 Å². The lowest BCUT2D eigenvalue weighted by atomic mass is 10.1. The van der Waals surface area contributed by atoms with Crippen LogP contribution in [0, 0.1) is 0 Å². The Kier molecular flexibility index (Phi) is 8.94. The Hall–Kier alpha value is -1.67. The average molecular weight is 558 g/mol. The largest absolute Gasteiger partial charge is 0.490 e. The second-order valence-electron chi connectivity index (χ2n) is 6.70. The number of carbonyl (C=O) groups excluding carboxylic acids is 1. The van der Waals surface area contributed by atoms with Crippen molar-refractivity contribution in [1.29, 1.82) is 0 Å². The first-order valence-corrected chi connectivity index (χ1v) is 12.5. The summed E-state index contributed by atoms with van der Waals surface area (Å²) >= 11 is 17.2. The van der Waals surface area contributed by atoms with Gasteiger partial charge in [0.2, 0.25) is 0 Å². The highest BCUT2D eigenvalue weighted by Gasteiger charge is 2.32. The first-order valence-electron chi connectivity index (χ1n) is 10.2. The highest BCUT2D eigenvalue weighted by Crippen LogP contribution is 2.40. The number of ether oxygens (including phenoxy) is 2. The van der Waals surface area contributed by atoms with Crippen molar-refractivity contribution in [2.24, 2.45) is 4.99 Å². The van der Waals surface area contributed by atoms with Gasteiger partial charge in [-0.05, 0) is 84.4 Å². The van der Waals surface area contributed by atoms with Crippen molar-refractivity contribution in [3.8, 4) is 11.5 Å². The van der Waals surface area contributed by atoms with Gasteiger partial charge in [-0.2, -0.15) is 0 Å². The van der Waals surface area contributed by atoms with E-state index in [1.807, 2.05) is 45.0 Å². The molecule has 170 valence electrons. The van der Waals surface area contributed by atoms with Crippen LogP contribution < -0.4 is 9.47 Å². The van der Waals surface area contributed by atoms with Crippen molar-refractivity contribution < 1.29 is 14.3 Å². The molecule has 0 radical (unpaired) electrons. The first kappa shape index (κ1) is 25.0. The SMILES string of the molecule is CCN=C1S/C(=C/c2cc(Br)c(OCc3ccc(Cl)cc3Cl)c(OCC)c2)C(=O)N1CC. The second kappa shape index (κ2) is 11.5. The molecule has 1 heterocycles. The highest BCUT2D eigenvalue weighted by molar-refractivity contribution is 9.10. The fourth-order valence-corrected chi connectivity index (χ4v) is 5.20. The van der Waals surface area contributed by atoms with Gasteiger partial charge in [0, 0.05) is 28.7 Å². The monoisotopic (exact) mass is 556 g/mol. The van der Waals surface area contributed by atoms with Crippen LogP contribution in [0.25, 0.3) is 6.08 Å². The molecule has 9 heteroatoms. The number of hydrogen-bond donors (Lipinski definition) is 0. The summed E-state index contributed by atoms with van der Waals surface area (Å²) in [7, 11) is 0. The maximum absolute atomic E-state index is 12.8. The predicted molar refractivity (Wildman–Crippen MR) is 137 cm³/mol. The Morgan fingerprint density at radius 2 is 1.94 bits per heavy atom. The van der Waals surface area contributed by atoms with E-state index in [4.69, 9.17) is 32.7 Å². The van der Waals surface area contributed by atoms with Crippen LogP contribution in [0.3, 0.4) is 0 Å². The zero-order valence-electron chi connectivity index (χ0n) is 18.0. The number of benzene rings is 2. The van der Waals surface area contributed by atoms with Crippen molar-refractivity contribution in [1.82, 2.24) is 4.90 Å². The summed E-state index contributed by atoms with van der Waals surface area (Å²) in [4.78, 5) is 19.5. The van der Waals surface area contributed by atoms with Gasteiger partial charge in [-0.1, -0.05) is 29.3 Å². The molecular formula is C23H23BrCl2N2O3S. The highest BCUT2D eigenvalue weighted by atomic mass is 79.9. The number of carbonyl (C=O) groups is 1.